The number of nitrogens with zero attached hydrogens (tertiary/aromatic N) is 1. The van der Waals surface area contributed by atoms with Crippen molar-refractivity contribution in [2.75, 3.05) is 20.1 Å². The molecule has 0 aliphatic heterocycles. The molecule has 0 aliphatic carbocycles. The Morgan fingerprint density at radius 2 is 2.20 bits per heavy atom. The lowest BCUT2D eigenvalue weighted by Crippen LogP contribution is -2.31. The van der Waals surface area contributed by atoms with E-state index in [4.69, 9.17) is 0 Å². The van der Waals surface area contributed by atoms with Crippen molar-refractivity contribution in [3.8, 4) is 0 Å². The summed E-state index contributed by atoms with van der Waals surface area (Å²) in [4.78, 5) is 11.7. The van der Waals surface area contributed by atoms with Gasteiger partial charge in [-0.25, -0.2) is 0 Å². The summed E-state index contributed by atoms with van der Waals surface area (Å²) in [5, 5.41) is 5.84. The maximum atomic E-state index is 11.7. The van der Waals surface area contributed by atoms with Gasteiger partial charge in [-0.05, 0) is 33.0 Å². The van der Waals surface area contributed by atoms with Crippen molar-refractivity contribution < 1.29 is 4.79 Å². The first-order valence-corrected chi connectivity index (χ1v) is 5.26. The van der Waals surface area contributed by atoms with Crippen molar-refractivity contribution in [1.82, 2.24) is 15.2 Å². The van der Waals surface area contributed by atoms with E-state index in [1.54, 1.807) is 0 Å². The van der Waals surface area contributed by atoms with Crippen LogP contribution in [0.1, 0.15) is 30.4 Å². The molecule has 1 amide bonds. The molecule has 0 aliphatic rings. The van der Waals surface area contributed by atoms with Crippen LogP contribution in [0, 0.1) is 0 Å². The molecule has 0 atom stereocenters. The molecule has 0 fully saturated rings. The molecule has 4 nitrogen and oxygen atoms in total. The Morgan fingerprint density at radius 3 is 2.80 bits per heavy atom. The molecule has 0 saturated carbocycles. The smallest absolute Gasteiger partial charge is 0.267 e. The van der Waals surface area contributed by atoms with Crippen LogP contribution in [0.3, 0.4) is 0 Å². The normalized spacial score (nSPS) is 10.7. The average Bonchev–Trinajstić information content (AvgIpc) is 2.66. The Morgan fingerprint density at radius 1 is 1.47 bits per heavy atom. The Bertz CT molecular complexity index is 317. The standard InChI is InChI=1S/C11H19N3O/c1-9(2)14-8-4-5-10(14)11(15)13-7-6-12-3/h4-5,8-9,12H,6-7H2,1-3H3,(H,13,15). The summed E-state index contributed by atoms with van der Waals surface area (Å²) in [6.07, 6.45) is 1.93. The van der Waals surface area contributed by atoms with Crippen LogP contribution >= 0.6 is 0 Å². The number of amides is 1. The lowest BCUT2D eigenvalue weighted by molar-refractivity contribution is 0.0943. The number of hydrogen-bond acceptors (Lipinski definition) is 2. The zero-order valence-electron chi connectivity index (χ0n) is 9.58. The van der Waals surface area contributed by atoms with Crippen LogP contribution < -0.4 is 10.6 Å². The van der Waals surface area contributed by atoms with E-state index in [0.29, 0.717) is 12.6 Å². The van der Waals surface area contributed by atoms with E-state index < -0.39 is 0 Å². The van der Waals surface area contributed by atoms with Crippen LogP contribution in [0.2, 0.25) is 0 Å². The third kappa shape index (κ3) is 3.09. The van der Waals surface area contributed by atoms with E-state index in [9.17, 15) is 4.79 Å². The molecule has 0 bridgehead atoms. The molecule has 84 valence electrons. The van der Waals surface area contributed by atoms with Crippen LogP contribution in [-0.4, -0.2) is 30.6 Å². The average molecular weight is 209 g/mol. The van der Waals surface area contributed by atoms with Gasteiger partial charge in [0.2, 0.25) is 0 Å². The predicted octanol–water partition coefficient (Wildman–Crippen LogP) is 1.02. The van der Waals surface area contributed by atoms with Gasteiger partial charge >= 0.3 is 0 Å². The first kappa shape index (κ1) is 11.8. The number of hydrogen-bond donors (Lipinski definition) is 2. The van der Waals surface area contributed by atoms with Crippen molar-refractivity contribution >= 4 is 5.91 Å². The van der Waals surface area contributed by atoms with Gasteiger partial charge in [-0.1, -0.05) is 0 Å². The van der Waals surface area contributed by atoms with Gasteiger partial charge in [0.05, 0.1) is 0 Å². The molecule has 1 aromatic heterocycles. The van der Waals surface area contributed by atoms with Crippen molar-refractivity contribution in [2.45, 2.75) is 19.9 Å². The third-order valence-corrected chi connectivity index (χ3v) is 2.23. The minimum atomic E-state index is -0.0102. The Balaban J connectivity index is 2.61. The van der Waals surface area contributed by atoms with E-state index in [2.05, 4.69) is 24.5 Å². The molecule has 0 saturated heterocycles. The van der Waals surface area contributed by atoms with Crippen LogP contribution in [0.5, 0.6) is 0 Å². The van der Waals surface area contributed by atoms with Gasteiger partial charge in [0, 0.05) is 25.3 Å². The van der Waals surface area contributed by atoms with Crippen LogP contribution in [-0.2, 0) is 0 Å². The molecule has 0 unspecified atom stereocenters. The summed E-state index contributed by atoms with van der Waals surface area (Å²) in [5.41, 5.74) is 0.723. The van der Waals surface area contributed by atoms with Crippen LogP contribution in [0.15, 0.2) is 18.3 Å². The fourth-order valence-electron chi connectivity index (χ4n) is 1.43. The molecule has 2 N–H and O–H groups in total. The summed E-state index contributed by atoms with van der Waals surface area (Å²) in [6, 6.07) is 4.05. The molecule has 0 spiro atoms. The quantitative estimate of drug-likeness (QED) is 0.711. The zero-order valence-corrected chi connectivity index (χ0v) is 9.58. The summed E-state index contributed by atoms with van der Waals surface area (Å²) in [5.74, 6) is -0.0102. The Hall–Kier alpha value is -1.29. The highest BCUT2D eigenvalue weighted by molar-refractivity contribution is 5.92. The maximum absolute atomic E-state index is 11.7. The number of carbonyl (C=O) groups excluding carboxylic acids is 1. The fourth-order valence-corrected chi connectivity index (χ4v) is 1.43. The number of likely N-dealkylation sites (N-methyl/N-ethyl adjacent to an activating group) is 1. The van der Waals surface area contributed by atoms with E-state index >= 15 is 0 Å². The number of aromatic nitrogens is 1. The molecule has 4 heteroatoms. The van der Waals surface area contributed by atoms with Gasteiger partial charge in [0.1, 0.15) is 5.69 Å². The molecular formula is C11H19N3O. The first-order valence-electron chi connectivity index (χ1n) is 5.26. The third-order valence-electron chi connectivity index (χ3n) is 2.23. The summed E-state index contributed by atoms with van der Waals surface area (Å²) in [7, 11) is 1.86. The van der Waals surface area contributed by atoms with E-state index in [1.807, 2.05) is 29.9 Å². The van der Waals surface area contributed by atoms with Gasteiger partial charge in [0.25, 0.3) is 5.91 Å². The predicted molar refractivity (Wildman–Crippen MR) is 61.1 cm³/mol. The van der Waals surface area contributed by atoms with E-state index in [-0.39, 0.29) is 5.91 Å². The van der Waals surface area contributed by atoms with Crippen LogP contribution in [0.4, 0.5) is 0 Å². The van der Waals surface area contributed by atoms with Gasteiger partial charge in [-0.15, -0.1) is 0 Å². The van der Waals surface area contributed by atoms with Crippen molar-refractivity contribution in [3.05, 3.63) is 24.0 Å². The van der Waals surface area contributed by atoms with Crippen molar-refractivity contribution in [1.29, 1.82) is 0 Å². The maximum Gasteiger partial charge on any atom is 0.267 e. The lowest BCUT2D eigenvalue weighted by atomic mass is 10.3. The fraction of sp³-hybridized carbons (Fsp3) is 0.545. The van der Waals surface area contributed by atoms with E-state index in [1.165, 1.54) is 0 Å². The highest BCUT2D eigenvalue weighted by Gasteiger charge is 2.11. The Kier molecular flexibility index (Phi) is 4.37. The molecule has 1 heterocycles. The monoisotopic (exact) mass is 209 g/mol. The minimum absolute atomic E-state index is 0.0102. The zero-order chi connectivity index (χ0) is 11.3. The molecule has 1 aromatic rings. The number of rotatable bonds is 5. The second-order valence-corrected chi connectivity index (χ2v) is 3.75. The second kappa shape index (κ2) is 5.56. The number of carbonyl (C=O) groups is 1. The number of nitrogens with one attached hydrogen (secondary N) is 2. The summed E-state index contributed by atoms with van der Waals surface area (Å²) in [6.45, 7) is 5.56. The first-order chi connectivity index (χ1) is 7.16. The molecule has 0 radical (unpaired) electrons. The second-order valence-electron chi connectivity index (χ2n) is 3.75. The highest BCUT2D eigenvalue weighted by Crippen LogP contribution is 2.10. The molecule has 0 aromatic carbocycles. The summed E-state index contributed by atoms with van der Waals surface area (Å²) < 4.78 is 1.97. The molecule has 15 heavy (non-hydrogen) atoms. The topological polar surface area (TPSA) is 46.1 Å². The van der Waals surface area contributed by atoms with E-state index in [0.717, 1.165) is 12.2 Å². The summed E-state index contributed by atoms with van der Waals surface area (Å²) >= 11 is 0. The minimum Gasteiger partial charge on any atom is -0.349 e. The van der Waals surface area contributed by atoms with Gasteiger partial charge in [-0.3, -0.25) is 4.79 Å². The van der Waals surface area contributed by atoms with Crippen molar-refractivity contribution in [3.63, 3.8) is 0 Å². The van der Waals surface area contributed by atoms with Gasteiger partial charge in [-0.2, -0.15) is 0 Å². The largest absolute Gasteiger partial charge is 0.349 e. The highest BCUT2D eigenvalue weighted by atomic mass is 16.1. The molecular weight excluding hydrogens is 190 g/mol. The molecule has 1 rings (SSSR count). The SMILES string of the molecule is CNCCNC(=O)c1cccn1C(C)C. The van der Waals surface area contributed by atoms with Gasteiger partial charge in [0.15, 0.2) is 0 Å². The van der Waals surface area contributed by atoms with Crippen molar-refractivity contribution in [2.24, 2.45) is 0 Å². The lowest BCUT2D eigenvalue weighted by Gasteiger charge is -2.12. The Labute approximate surface area is 90.7 Å². The van der Waals surface area contributed by atoms with Crippen LogP contribution in [0.25, 0.3) is 0 Å². The van der Waals surface area contributed by atoms with Gasteiger partial charge < -0.3 is 15.2 Å².